The lowest BCUT2D eigenvalue weighted by Gasteiger charge is -1.91. The number of nitrogens with zero attached hydrogens (tertiary/aromatic N) is 2. The van der Waals surface area contributed by atoms with Crippen LogP contribution < -0.4 is 0 Å². The van der Waals surface area contributed by atoms with Crippen LogP contribution in [0.5, 0.6) is 0 Å². The molecule has 1 aliphatic rings. The van der Waals surface area contributed by atoms with Crippen LogP contribution >= 0.6 is 34.2 Å². The van der Waals surface area contributed by atoms with Gasteiger partial charge in [-0.15, -0.1) is 0 Å². The Balaban J connectivity index is 2.34. The average Bonchev–Trinajstić information content (AvgIpc) is 2.64. The van der Waals surface area contributed by atoms with E-state index >= 15 is 0 Å². The first kappa shape index (κ1) is 6.91. The van der Waals surface area contributed by atoms with Gasteiger partial charge in [-0.25, -0.2) is 0 Å². The Morgan fingerprint density at radius 3 is 2.80 bits per heavy atom. The number of hydrogen-bond donors (Lipinski definition) is 0. The number of aromatic nitrogens is 2. The minimum atomic E-state index is 0.640. The predicted molar refractivity (Wildman–Crippen MR) is 48.2 cm³/mol. The van der Waals surface area contributed by atoms with Gasteiger partial charge < -0.3 is 0 Å². The molecule has 0 bridgehead atoms. The summed E-state index contributed by atoms with van der Waals surface area (Å²) in [7, 11) is 0. The molecule has 1 heterocycles. The zero-order chi connectivity index (χ0) is 7.14. The van der Waals surface area contributed by atoms with E-state index in [0.29, 0.717) is 6.04 Å². The summed E-state index contributed by atoms with van der Waals surface area (Å²) >= 11 is 7.95. The molecule has 0 radical (unpaired) electrons. The van der Waals surface area contributed by atoms with Gasteiger partial charge in [0.25, 0.3) is 0 Å². The zero-order valence-electron chi connectivity index (χ0n) is 5.22. The highest BCUT2D eigenvalue weighted by atomic mass is 127. The van der Waals surface area contributed by atoms with Crippen molar-refractivity contribution < 1.29 is 0 Å². The van der Waals surface area contributed by atoms with E-state index in [-0.39, 0.29) is 0 Å². The number of rotatable bonds is 1. The molecule has 1 saturated carbocycles. The van der Waals surface area contributed by atoms with Gasteiger partial charge in [-0.1, -0.05) is 11.6 Å². The molecule has 1 fully saturated rings. The van der Waals surface area contributed by atoms with E-state index in [1.54, 1.807) is 0 Å². The first-order valence-corrected chi connectivity index (χ1v) is 4.63. The lowest BCUT2D eigenvalue weighted by atomic mass is 10.7. The monoisotopic (exact) mass is 268 g/mol. The van der Waals surface area contributed by atoms with Gasteiger partial charge in [-0.2, -0.15) is 5.10 Å². The van der Waals surface area contributed by atoms with Crippen molar-refractivity contribution in [3.8, 4) is 0 Å². The lowest BCUT2D eigenvalue weighted by molar-refractivity contribution is 0.637. The maximum absolute atomic E-state index is 5.81. The molecule has 2 rings (SSSR count). The van der Waals surface area contributed by atoms with Gasteiger partial charge >= 0.3 is 0 Å². The number of hydrogen-bond acceptors (Lipinski definition) is 1. The molecule has 0 atom stereocenters. The van der Waals surface area contributed by atoms with Crippen LogP contribution in [0.25, 0.3) is 0 Å². The molecule has 1 aromatic heterocycles. The van der Waals surface area contributed by atoms with Crippen LogP contribution in [0.4, 0.5) is 0 Å². The second-order valence-corrected chi connectivity index (χ2v) is 3.91. The van der Waals surface area contributed by atoms with Crippen molar-refractivity contribution in [1.29, 1.82) is 0 Å². The number of halogens is 2. The Hall–Kier alpha value is 0.230. The minimum Gasteiger partial charge on any atom is -0.267 e. The van der Waals surface area contributed by atoms with E-state index in [9.17, 15) is 0 Å². The summed E-state index contributed by atoms with van der Waals surface area (Å²) < 4.78 is 2.87. The first-order chi connectivity index (χ1) is 4.77. The average molecular weight is 268 g/mol. The van der Waals surface area contributed by atoms with Gasteiger partial charge in [-0.05, 0) is 35.4 Å². The molecule has 0 aliphatic heterocycles. The van der Waals surface area contributed by atoms with Crippen LogP contribution in [-0.2, 0) is 0 Å². The maximum atomic E-state index is 5.81. The van der Waals surface area contributed by atoms with Crippen LogP contribution in [0.15, 0.2) is 6.20 Å². The maximum Gasteiger partial charge on any atom is 0.141 e. The topological polar surface area (TPSA) is 17.8 Å². The standard InChI is InChI=1S/C6H6ClIN2/c7-5-3-10(4-1-2-4)9-6(5)8/h3-4H,1-2H2. The molecule has 0 spiro atoms. The largest absolute Gasteiger partial charge is 0.267 e. The highest BCUT2D eigenvalue weighted by Crippen LogP contribution is 2.35. The molecule has 0 aromatic carbocycles. The third-order valence-electron chi connectivity index (χ3n) is 1.57. The van der Waals surface area contributed by atoms with E-state index < -0.39 is 0 Å². The molecule has 4 heteroatoms. The third kappa shape index (κ3) is 1.16. The van der Waals surface area contributed by atoms with E-state index in [2.05, 4.69) is 27.7 Å². The van der Waals surface area contributed by atoms with E-state index in [0.717, 1.165) is 8.72 Å². The summed E-state index contributed by atoms with van der Waals surface area (Å²) in [5.74, 6) is 0. The SMILES string of the molecule is Clc1cn(C2CC2)nc1I. The van der Waals surface area contributed by atoms with Gasteiger partial charge in [0, 0.05) is 6.20 Å². The smallest absolute Gasteiger partial charge is 0.141 e. The lowest BCUT2D eigenvalue weighted by Crippen LogP contribution is -1.93. The molecule has 10 heavy (non-hydrogen) atoms. The molecule has 0 N–H and O–H groups in total. The summed E-state index contributed by atoms with van der Waals surface area (Å²) in [4.78, 5) is 0. The Kier molecular flexibility index (Phi) is 1.64. The predicted octanol–water partition coefficient (Wildman–Crippen LogP) is 2.48. The molecule has 2 nitrogen and oxygen atoms in total. The van der Waals surface area contributed by atoms with Gasteiger partial charge in [0.1, 0.15) is 3.70 Å². The Morgan fingerprint density at radius 1 is 1.70 bits per heavy atom. The Bertz CT molecular complexity index is 235. The van der Waals surface area contributed by atoms with E-state index in [1.165, 1.54) is 12.8 Å². The van der Waals surface area contributed by atoms with Crippen molar-refractivity contribution in [2.75, 3.05) is 0 Å². The Labute approximate surface area is 77.7 Å². The first-order valence-electron chi connectivity index (χ1n) is 3.17. The van der Waals surface area contributed by atoms with Crippen LogP contribution in [-0.4, -0.2) is 9.78 Å². The molecule has 0 amide bonds. The normalized spacial score (nSPS) is 17.8. The van der Waals surface area contributed by atoms with Gasteiger partial charge in [-0.3, -0.25) is 4.68 Å². The molecule has 54 valence electrons. The summed E-state index contributed by atoms with van der Waals surface area (Å²) in [6.45, 7) is 0. The quantitative estimate of drug-likeness (QED) is 0.716. The molecular weight excluding hydrogens is 262 g/mol. The molecule has 1 aliphatic carbocycles. The minimum absolute atomic E-state index is 0.640. The second-order valence-electron chi connectivity index (χ2n) is 2.48. The van der Waals surface area contributed by atoms with E-state index in [4.69, 9.17) is 11.6 Å². The molecule has 0 saturated heterocycles. The van der Waals surface area contributed by atoms with Crippen molar-refractivity contribution in [3.63, 3.8) is 0 Å². The van der Waals surface area contributed by atoms with Crippen LogP contribution in [0.3, 0.4) is 0 Å². The highest BCUT2D eigenvalue weighted by molar-refractivity contribution is 14.1. The van der Waals surface area contributed by atoms with Crippen LogP contribution in [0, 0.1) is 3.70 Å². The van der Waals surface area contributed by atoms with Crippen molar-refractivity contribution >= 4 is 34.2 Å². The molecular formula is C6H6ClIN2. The third-order valence-corrected chi connectivity index (χ3v) is 2.96. The zero-order valence-corrected chi connectivity index (χ0v) is 8.13. The van der Waals surface area contributed by atoms with Crippen molar-refractivity contribution in [1.82, 2.24) is 9.78 Å². The molecule has 0 unspecified atom stereocenters. The van der Waals surface area contributed by atoms with Gasteiger partial charge in [0.2, 0.25) is 0 Å². The summed E-state index contributed by atoms with van der Waals surface area (Å²) in [5.41, 5.74) is 0. The van der Waals surface area contributed by atoms with Gasteiger partial charge in [0.15, 0.2) is 0 Å². The van der Waals surface area contributed by atoms with E-state index in [1.807, 2.05) is 10.9 Å². The van der Waals surface area contributed by atoms with Crippen molar-refractivity contribution in [2.24, 2.45) is 0 Å². The van der Waals surface area contributed by atoms with Crippen molar-refractivity contribution in [3.05, 3.63) is 14.9 Å². The highest BCUT2D eigenvalue weighted by Gasteiger charge is 2.24. The summed E-state index contributed by atoms with van der Waals surface area (Å²) in [6, 6.07) is 0.640. The fourth-order valence-electron chi connectivity index (χ4n) is 0.874. The van der Waals surface area contributed by atoms with Crippen LogP contribution in [0.1, 0.15) is 18.9 Å². The van der Waals surface area contributed by atoms with Crippen LogP contribution in [0.2, 0.25) is 5.02 Å². The van der Waals surface area contributed by atoms with Crippen molar-refractivity contribution in [2.45, 2.75) is 18.9 Å². The molecule has 1 aromatic rings. The summed E-state index contributed by atoms with van der Waals surface area (Å²) in [5, 5.41) is 5.01. The fraction of sp³-hybridized carbons (Fsp3) is 0.500. The summed E-state index contributed by atoms with van der Waals surface area (Å²) in [6.07, 6.45) is 4.42. The van der Waals surface area contributed by atoms with Gasteiger partial charge in [0.05, 0.1) is 11.1 Å². The Morgan fingerprint density at radius 2 is 2.40 bits per heavy atom. The second kappa shape index (κ2) is 2.37. The fourth-order valence-corrected chi connectivity index (χ4v) is 1.40.